The molecule has 154 valence electrons. The summed E-state index contributed by atoms with van der Waals surface area (Å²) in [6.45, 7) is -0.0884. The van der Waals surface area contributed by atoms with Crippen LogP contribution < -0.4 is 5.32 Å². The normalized spacial score (nSPS) is 14.5. The zero-order valence-electron chi connectivity index (χ0n) is 16.0. The fourth-order valence-electron chi connectivity index (χ4n) is 3.71. The van der Waals surface area contributed by atoms with E-state index in [2.05, 4.69) is 22.4 Å². The van der Waals surface area contributed by atoms with E-state index in [4.69, 9.17) is 4.74 Å². The summed E-state index contributed by atoms with van der Waals surface area (Å²) in [6, 6.07) is 18.4. The first kappa shape index (κ1) is 20.0. The van der Waals surface area contributed by atoms with Gasteiger partial charge in [-0.25, -0.2) is 9.18 Å². The Balaban J connectivity index is 1.33. The van der Waals surface area contributed by atoms with Crippen molar-refractivity contribution in [3.63, 3.8) is 0 Å². The van der Waals surface area contributed by atoms with Crippen LogP contribution in [0.5, 0.6) is 0 Å². The molecule has 0 saturated carbocycles. The molecule has 0 radical (unpaired) electrons. The van der Waals surface area contributed by atoms with Crippen LogP contribution in [-0.4, -0.2) is 40.5 Å². The number of pyridine rings is 1. The van der Waals surface area contributed by atoms with Crippen LogP contribution in [0.1, 0.15) is 28.8 Å². The molecule has 1 aromatic heterocycles. The summed E-state index contributed by atoms with van der Waals surface area (Å²) in [4.78, 5) is 15.9. The fraction of sp³-hybridized carbons (Fsp3) is 0.217. The van der Waals surface area contributed by atoms with E-state index in [0.717, 1.165) is 34.5 Å². The van der Waals surface area contributed by atoms with Crippen molar-refractivity contribution < 1.29 is 24.1 Å². The van der Waals surface area contributed by atoms with E-state index in [1.54, 1.807) is 0 Å². The highest BCUT2D eigenvalue weighted by Crippen LogP contribution is 2.44. The Bertz CT molecular complexity index is 996. The SMILES string of the molecule is O=C(NCC(O)C(O)c1ccc(F)cn1)OCC1c2ccccc2-c2ccccc21. The maximum Gasteiger partial charge on any atom is 0.407 e. The van der Waals surface area contributed by atoms with E-state index in [1.165, 1.54) is 6.07 Å². The molecule has 3 N–H and O–H groups in total. The van der Waals surface area contributed by atoms with E-state index in [0.29, 0.717) is 0 Å². The van der Waals surface area contributed by atoms with Crippen LogP contribution in [0, 0.1) is 5.82 Å². The van der Waals surface area contributed by atoms with Crippen LogP contribution in [0.15, 0.2) is 66.9 Å². The topological polar surface area (TPSA) is 91.7 Å². The largest absolute Gasteiger partial charge is 0.449 e. The second-order valence-electron chi connectivity index (χ2n) is 7.12. The first-order valence-electron chi connectivity index (χ1n) is 9.61. The van der Waals surface area contributed by atoms with E-state index in [-0.39, 0.29) is 24.8 Å². The average molecular weight is 408 g/mol. The molecule has 4 rings (SSSR count). The minimum Gasteiger partial charge on any atom is -0.449 e. The molecule has 0 spiro atoms. The maximum absolute atomic E-state index is 12.9. The Morgan fingerprint density at radius 3 is 2.27 bits per heavy atom. The molecule has 1 aliphatic carbocycles. The summed E-state index contributed by atoms with van der Waals surface area (Å²) in [7, 11) is 0. The lowest BCUT2D eigenvalue weighted by atomic mass is 9.98. The summed E-state index contributed by atoms with van der Waals surface area (Å²) in [5.41, 5.74) is 4.58. The van der Waals surface area contributed by atoms with E-state index >= 15 is 0 Å². The molecule has 2 atom stereocenters. The smallest absolute Gasteiger partial charge is 0.407 e. The number of alkyl carbamates (subject to hydrolysis) is 1. The molecule has 1 heterocycles. The van der Waals surface area contributed by atoms with E-state index < -0.39 is 24.1 Å². The summed E-state index contributed by atoms with van der Waals surface area (Å²) in [6.07, 6.45) is -2.43. The maximum atomic E-state index is 12.9. The molecule has 1 amide bonds. The van der Waals surface area contributed by atoms with Gasteiger partial charge in [-0.2, -0.15) is 0 Å². The van der Waals surface area contributed by atoms with Crippen molar-refractivity contribution in [2.24, 2.45) is 0 Å². The Morgan fingerprint density at radius 1 is 1.03 bits per heavy atom. The number of aliphatic hydroxyl groups is 2. The quantitative estimate of drug-likeness (QED) is 0.583. The number of aliphatic hydroxyl groups excluding tert-OH is 2. The van der Waals surface area contributed by atoms with Crippen LogP contribution in [0.4, 0.5) is 9.18 Å². The van der Waals surface area contributed by atoms with Gasteiger partial charge in [0.25, 0.3) is 0 Å². The molecule has 0 saturated heterocycles. The van der Waals surface area contributed by atoms with Gasteiger partial charge in [0.1, 0.15) is 24.6 Å². The summed E-state index contributed by atoms with van der Waals surface area (Å²) in [5.74, 6) is -0.612. The molecule has 0 aliphatic heterocycles. The predicted octanol–water partition coefficient (Wildman–Crippen LogP) is 3.15. The minimum absolute atomic E-state index is 0.0675. The zero-order chi connectivity index (χ0) is 21.1. The number of hydrogen-bond donors (Lipinski definition) is 3. The number of nitrogens with zero attached hydrogens (tertiary/aromatic N) is 1. The van der Waals surface area contributed by atoms with Gasteiger partial charge in [-0.15, -0.1) is 0 Å². The first-order valence-corrected chi connectivity index (χ1v) is 9.61. The van der Waals surface area contributed by atoms with Crippen molar-refractivity contribution in [2.75, 3.05) is 13.2 Å². The first-order chi connectivity index (χ1) is 14.5. The number of nitrogens with one attached hydrogen (secondary N) is 1. The minimum atomic E-state index is -1.36. The van der Waals surface area contributed by atoms with Crippen LogP contribution >= 0.6 is 0 Å². The third-order valence-electron chi connectivity index (χ3n) is 5.22. The van der Waals surface area contributed by atoms with Crippen molar-refractivity contribution in [3.8, 4) is 11.1 Å². The van der Waals surface area contributed by atoms with Crippen molar-refractivity contribution in [1.82, 2.24) is 10.3 Å². The molecule has 30 heavy (non-hydrogen) atoms. The number of carbonyl (C=O) groups excluding carboxylic acids is 1. The summed E-state index contributed by atoms with van der Waals surface area (Å²) < 4.78 is 18.3. The monoisotopic (exact) mass is 408 g/mol. The molecular weight excluding hydrogens is 387 g/mol. The fourth-order valence-corrected chi connectivity index (χ4v) is 3.71. The highest BCUT2D eigenvalue weighted by Gasteiger charge is 2.29. The number of carbonyl (C=O) groups is 1. The van der Waals surface area contributed by atoms with Crippen molar-refractivity contribution >= 4 is 6.09 Å². The van der Waals surface area contributed by atoms with Gasteiger partial charge in [-0.05, 0) is 34.4 Å². The number of fused-ring (bicyclic) bond motifs is 3. The predicted molar refractivity (Wildman–Crippen MR) is 108 cm³/mol. The molecule has 7 heteroatoms. The van der Waals surface area contributed by atoms with Crippen LogP contribution in [0.2, 0.25) is 0 Å². The Morgan fingerprint density at radius 2 is 1.67 bits per heavy atom. The van der Waals surface area contributed by atoms with Crippen molar-refractivity contribution in [3.05, 3.63) is 89.5 Å². The number of rotatable bonds is 6. The van der Waals surface area contributed by atoms with Crippen molar-refractivity contribution in [1.29, 1.82) is 0 Å². The lowest BCUT2D eigenvalue weighted by Crippen LogP contribution is -2.36. The summed E-state index contributed by atoms with van der Waals surface area (Å²) >= 11 is 0. The van der Waals surface area contributed by atoms with Gasteiger partial charge < -0.3 is 20.3 Å². The Labute approximate surface area is 173 Å². The lowest BCUT2D eigenvalue weighted by Gasteiger charge is -2.18. The second kappa shape index (κ2) is 8.61. The van der Waals surface area contributed by atoms with E-state index in [1.807, 2.05) is 36.4 Å². The molecular formula is C23H21FN2O4. The number of hydrogen-bond acceptors (Lipinski definition) is 5. The van der Waals surface area contributed by atoms with Gasteiger partial charge in [0.2, 0.25) is 0 Å². The van der Waals surface area contributed by atoms with Gasteiger partial charge in [-0.3, -0.25) is 4.98 Å². The Hall–Kier alpha value is -3.29. The second-order valence-corrected chi connectivity index (χ2v) is 7.12. The lowest BCUT2D eigenvalue weighted by molar-refractivity contribution is 0.0160. The van der Waals surface area contributed by atoms with Gasteiger partial charge in [-0.1, -0.05) is 48.5 Å². The van der Waals surface area contributed by atoms with Crippen LogP contribution in [0.3, 0.4) is 0 Å². The Kier molecular flexibility index (Phi) is 5.74. The van der Waals surface area contributed by atoms with Gasteiger partial charge in [0.15, 0.2) is 0 Å². The number of ether oxygens (including phenoxy) is 1. The van der Waals surface area contributed by atoms with Gasteiger partial charge in [0, 0.05) is 12.5 Å². The molecule has 1 aliphatic rings. The molecule has 0 fully saturated rings. The van der Waals surface area contributed by atoms with E-state index in [9.17, 15) is 19.4 Å². The number of amides is 1. The molecule has 2 unspecified atom stereocenters. The molecule has 2 aromatic carbocycles. The van der Waals surface area contributed by atoms with Crippen LogP contribution in [0.25, 0.3) is 11.1 Å². The van der Waals surface area contributed by atoms with Gasteiger partial charge in [0.05, 0.1) is 11.9 Å². The number of aromatic nitrogens is 1. The third-order valence-corrected chi connectivity index (χ3v) is 5.22. The van der Waals surface area contributed by atoms with Crippen LogP contribution in [-0.2, 0) is 4.74 Å². The summed E-state index contributed by atoms with van der Waals surface area (Å²) in [5, 5.41) is 22.6. The van der Waals surface area contributed by atoms with Gasteiger partial charge >= 0.3 is 6.09 Å². The zero-order valence-corrected chi connectivity index (χ0v) is 16.0. The molecule has 6 nitrogen and oxygen atoms in total. The molecule has 3 aromatic rings. The average Bonchev–Trinajstić information content (AvgIpc) is 3.10. The number of halogens is 1. The highest BCUT2D eigenvalue weighted by atomic mass is 19.1. The standard InChI is InChI=1S/C23H21FN2O4/c24-14-9-10-20(25-11-14)22(28)21(27)12-26-23(29)30-13-19-17-7-3-1-5-15(17)16-6-2-4-8-18(16)19/h1-11,19,21-22,27-28H,12-13H2,(H,26,29). The number of benzene rings is 2. The molecule has 0 bridgehead atoms. The highest BCUT2D eigenvalue weighted by molar-refractivity contribution is 5.79. The van der Waals surface area contributed by atoms with Crippen molar-refractivity contribution in [2.45, 2.75) is 18.1 Å². The third kappa shape index (κ3) is 4.03.